The summed E-state index contributed by atoms with van der Waals surface area (Å²) in [4.78, 5) is 6.10. The Morgan fingerprint density at radius 3 is 2.82 bits per heavy atom. The summed E-state index contributed by atoms with van der Waals surface area (Å²) < 4.78 is 0. The molecule has 3 nitrogen and oxygen atoms in total. The molecule has 0 unspecified atom stereocenters. The summed E-state index contributed by atoms with van der Waals surface area (Å²) in [5.41, 5.74) is 1.96. The first-order valence-electron chi connectivity index (χ1n) is 3.73. The Morgan fingerprint density at radius 1 is 1.73 bits per heavy atom. The van der Waals surface area contributed by atoms with E-state index in [4.69, 9.17) is 5.41 Å². The average Bonchev–Trinajstić information content (AvgIpc) is 2.46. The number of hydrogen-bond acceptors (Lipinski definition) is 3. The Bertz CT molecular complexity index is 185. The molecule has 11 heavy (non-hydrogen) atoms. The Hall–Kier alpha value is -0.960. The number of hydrogen-bond donors (Lipinski definition) is 1. The fourth-order valence-electron chi connectivity index (χ4n) is 1.21. The van der Waals surface area contributed by atoms with Crippen LogP contribution in [0.3, 0.4) is 0 Å². The molecule has 0 aromatic rings. The van der Waals surface area contributed by atoms with Crippen LogP contribution in [0, 0.1) is 5.41 Å². The zero-order valence-corrected chi connectivity index (χ0v) is 6.80. The van der Waals surface area contributed by atoms with Crippen LogP contribution in [0.15, 0.2) is 16.3 Å². The number of aliphatic imine (C=N–C) groups is 1. The second-order valence-corrected chi connectivity index (χ2v) is 2.58. The van der Waals surface area contributed by atoms with Gasteiger partial charge in [0.2, 0.25) is 0 Å². The Kier molecular flexibility index (Phi) is 2.54. The molecule has 0 radical (unpaired) electrons. The second kappa shape index (κ2) is 3.44. The fraction of sp³-hybridized carbons (Fsp3) is 0.500. The largest absolute Gasteiger partial charge is 0.308 e. The normalized spacial score (nSPS) is 19.0. The SMILES string of the molecule is C=NC1=C(C=N)CN(CC)C1. The minimum Gasteiger partial charge on any atom is -0.308 e. The number of rotatable bonds is 3. The Labute approximate surface area is 66.9 Å². The maximum Gasteiger partial charge on any atom is 0.0596 e. The van der Waals surface area contributed by atoms with E-state index in [1.165, 1.54) is 6.21 Å². The van der Waals surface area contributed by atoms with Crippen molar-refractivity contribution in [2.24, 2.45) is 4.99 Å². The van der Waals surface area contributed by atoms with Gasteiger partial charge in [-0.3, -0.25) is 9.89 Å². The Balaban J connectivity index is 2.70. The van der Waals surface area contributed by atoms with Gasteiger partial charge < -0.3 is 5.41 Å². The monoisotopic (exact) mass is 151 g/mol. The summed E-state index contributed by atoms with van der Waals surface area (Å²) in [6.07, 6.45) is 1.37. The molecule has 0 saturated heterocycles. The highest BCUT2D eigenvalue weighted by Gasteiger charge is 2.17. The van der Waals surface area contributed by atoms with Crippen molar-refractivity contribution in [3.8, 4) is 0 Å². The third-order valence-corrected chi connectivity index (χ3v) is 1.95. The molecule has 3 heteroatoms. The fourth-order valence-corrected chi connectivity index (χ4v) is 1.21. The predicted octanol–water partition coefficient (Wildman–Crippen LogP) is 0.926. The van der Waals surface area contributed by atoms with Crippen LogP contribution < -0.4 is 0 Å². The lowest BCUT2D eigenvalue weighted by Gasteiger charge is -2.10. The van der Waals surface area contributed by atoms with Crippen LogP contribution in [0.1, 0.15) is 6.92 Å². The van der Waals surface area contributed by atoms with E-state index >= 15 is 0 Å². The van der Waals surface area contributed by atoms with E-state index in [2.05, 4.69) is 23.5 Å². The lowest BCUT2D eigenvalue weighted by atomic mass is 10.3. The number of nitrogens with zero attached hydrogens (tertiary/aromatic N) is 2. The third kappa shape index (κ3) is 1.54. The average molecular weight is 151 g/mol. The minimum atomic E-state index is 0.852. The van der Waals surface area contributed by atoms with Crippen LogP contribution >= 0.6 is 0 Å². The predicted molar refractivity (Wildman–Crippen MR) is 47.5 cm³/mol. The number of likely N-dealkylation sites (N-methyl/N-ethyl adjacent to an activating group) is 1. The van der Waals surface area contributed by atoms with Crippen LogP contribution in [-0.2, 0) is 0 Å². The molecule has 1 aliphatic rings. The zero-order valence-electron chi connectivity index (χ0n) is 6.80. The molecule has 1 aliphatic heterocycles. The maximum absolute atomic E-state index is 7.10. The van der Waals surface area contributed by atoms with Gasteiger partial charge in [-0.25, -0.2) is 0 Å². The van der Waals surface area contributed by atoms with Gasteiger partial charge in [0.05, 0.1) is 5.70 Å². The standard InChI is InChI=1S/C8H13N3/c1-3-11-5-7(4-9)8(6-11)10-2/h4,9H,2-3,5-6H2,1H3. The van der Waals surface area contributed by atoms with Gasteiger partial charge in [0.1, 0.15) is 0 Å². The summed E-state index contributed by atoms with van der Waals surface area (Å²) >= 11 is 0. The summed E-state index contributed by atoms with van der Waals surface area (Å²) in [6, 6.07) is 0. The highest BCUT2D eigenvalue weighted by Crippen LogP contribution is 2.15. The molecule has 1 rings (SSSR count). The third-order valence-electron chi connectivity index (χ3n) is 1.95. The van der Waals surface area contributed by atoms with Gasteiger partial charge in [0, 0.05) is 24.9 Å². The Morgan fingerprint density at radius 2 is 2.45 bits per heavy atom. The van der Waals surface area contributed by atoms with Crippen LogP contribution in [0.2, 0.25) is 0 Å². The van der Waals surface area contributed by atoms with Crippen molar-refractivity contribution in [1.82, 2.24) is 4.90 Å². The van der Waals surface area contributed by atoms with Crippen LogP contribution in [-0.4, -0.2) is 37.5 Å². The highest BCUT2D eigenvalue weighted by atomic mass is 15.2. The van der Waals surface area contributed by atoms with Crippen molar-refractivity contribution in [2.45, 2.75) is 6.92 Å². The molecular weight excluding hydrogens is 138 g/mol. The summed E-state index contributed by atoms with van der Waals surface area (Å²) in [5, 5.41) is 7.10. The molecule has 0 fully saturated rings. The van der Waals surface area contributed by atoms with Gasteiger partial charge in [0.25, 0.3) is 0 Å². The molecule has 0 aromatic heterocycles. The summed E-state index contributed by atoms with van der Waals surface area (Å²) in [5.74, 6) is 0. The van der Waals surface area contributed by atoms with Crippen molar-refractivity contribution in [3.05, 3.63) is 11.3 Å². The molecule has 0 atom stereocenters. The smallest absolute Gasteiger partial charge is 0.0596 e. The summed E-state index contributed by atoms with van der Waals surface area (Å²) in [6.45, 7) is 8.29. The van der Waals surface area contributed by atoms with Crippen LogP contribution in [0.25, 0.3) is 0 Å². The maximum atomic E-state index is 7.10. The lowest BCUT2D eigenvalue weighted by Crippen LogP contribution is -2.20. The second-order valence-electron chi connectivity index (χ2n) is 2.58. The topological polar surface area (TPSA) is 39.5 Å². The molecule has 1 N–H and O–H groups in total. The molecule has 0 saturated carbocycles. The molecule has 1 heterocycles. The van der Waals surface area contributed by atoms with Crippen molar-refractivity contribution < 1.29 is 0 Å². The van der Waals surface area contributed by atoms with Gasteiger partial charge in [0.15, 0.2) is 0 Å². The van der Waals surface area contributed by atoms with Gasteiger partial charge >= 0.3 is 0 Å². The molecule has 0 spiro atoms. The first-order valence-corrected chi connectivity index (χ1v) is 3.73. The van der Waals surface area contributed by atoms with E-state index in [0.717, 1.165) is 30.9 Å². The van der Waals surface area contributed by atoms with Crippen molar-refractivity contribution in [2.75, 3.05) is 19.6 Å². The first-order chi connectivity index (χ1) is 5.31. The van der Waals surface area contributed by atoms with Gasteiger partial charge in [-0.2, -0.15) is 0 Å². The van der Waals surface area contributed by atoms with E-state index in [0.29, 0.717) is 0 Å². The van der Waals surface area contributed by atoms with Gasteiger partial charge in [-0.1, -0.05) is 6.92 Å². The van der Waals surface area contributed by atoms with E-state index in [1.807, 2.05) is 0 Å². The van der Waals surface area contributed by atoms with E-state index in [9.17, 15) is 0 Å². The van der Waals surface area contributed by atoms with Gasteiger partial charge in [-0.15, -0.1) is 0 Å². The van der Waals surface area contributed by atoms with Gasteiger partial charge in [-0.05, 0) is 13.3 Å². The molecule has 60 valence electrons. The molecule has 0 amide bonds. The lowest BCUT2D eigenvalue weighted by molar-refractivity contribution is 0.366. The van der Waals surface area contributed by atoms with Crippen molar-refractivity contribution in [3.63, 3.8) is 0 Å². The molecular formula is C8H13N3. The highest BCUT2D eigenvalue weighted by molar-refractivity contribution is 5.78. The molecule has 0 aliphatic carbocycles. The zero-order chi connectivity index (χ0) is 8.27. The quantitative estimate of drug-likeness (QED) is 0.599. The van der Waals surface area contributed by atoms with E-state index in [-0.39, 0.29) is 0 Å². The first kappa shape index (κ1) is 8.14. The van der Waals surface area contributed by atoms with Crippen molar-refractivity contribution in [1.29, 1.82) is 5.41 Å². The minimum absolute atomic E-state index is 0.852. The van der Waals surface area contributed by atoms with Crippen molar-refractivity contribution >= 4 is 12.9 Å². The summed E-state index contributed by atoms with van der Waals surface area (Å²) in [7, 11) is 0. The molecule has 0 aromatic carbocycles. The van der Waals surface area contributed by atoms with E-state index in [1.54, 1.807) is 0 Å². The molecule has 0 bridgehead atoms. The van der Waals surface area contributed by atoms with E-state index < -0.39 is 0 Å². The van der Waals surface area contributed by atoms with Crippen LogP contribution in [0.4, 0.5) is 0 Å². The number of nitrogens with one attached hydrogen (secondary N) is 1. The van der Waals surface area contributed by atoms with Crippen LogP contribution in [0.5, 0.6) is 0 Å².